The van der Waals surface area contributed by atoms with Gasteiger partial charge in [-0.05, 0) is 100 Å². The summed E-state index contributed by atoms with van der Waals surface area (Å²) in [4.78, 5) is 82.4. The number of aliphatic hydroxyl groups excluding tert-OH is 4. The SMILES string of the molecule is CC[C@H]1C[C@H](C)[C@@]2(NC1=O)O[C@@H](C[C@H](O)[C@@H](C)CC/C=C/C=C(\C)[C@@H]1C/C=C/C=C/[C@H](O)[C@H](C)[C@@H](O)[C@@H](CCC(C)=O)C(=O)N[C@@H](C(C)C)C(=O)N[C@@H](Cc3ccc(C)c(O)c3)C(=O)N3CCCC(N3)C(=O)O1)[C@H](C)[C@H](O)[C@@H]2C. The molecule has 1 unspecified atom stereocenters. The van der Waals surface area contributed by atoms with E-state index >= 15 is 0 Å². The number of hydrogen-bond acceptors (Lipinski definition) is 14. The average Bonchev–Trinajstić information content (AvgIpc) is 3.60. The molecular weight excluding hydrogens is 1010 g/mol. The summed E-state index contributed by atoms with van der Waals surface area (Å²) < 4.78 is 12.9. The number of carbonyl (C=O) groups is 6. The summed E-state index contributed by atoms with van der Waals surface area (Å²) >= 11 is 0. The Morgan fingerprint density at radius 2 is 1.67 bits per heavy atom. The highest BCUT2D eigenvalue weighted by molar-refractivity contribution is 5.93. The normalized spacial score (nSPS) is 34.7. The van der Waals surface area contributed by atoms with E-state index in [1.54, 1.807) is 58.1 Å². The number of Topliss-reactive ketones (excluding diaryl/α,β-unsaturated/α-hetero) is 1. The molecule has 5 rings (SSSR count). The van der Waals surface area contributed by atoms with Gasteiger partial charge in [-0.1, -0.05) is 110 Å². The van der Waals surface area contributed by atoms with Gasteiger partial charge in [0.15, 0.2) is 0 Å². The van der Waals surface area contributed by atoms with Crippen molar-refractivity contribution in [2.24, 2.45) is 47.3 Å². The number of esters is 1. The number of nitrogens with one attached hydrogen (secondary N) is 4. The Labute approximate surface area is 468 Å². The van der Waals surface area contributed by atoms with Crippen LogP contribution < -0.4 is 21.4 Å². The maximum absolute atomic E-state index is 14.6. The van der Waals surface area contributed by atoms with Crippen molar-refractivity contribution in [2.45, 2.75) is 207 Å². The Hall–Kier alpha value is -5.24. The second-order valence-electron chi connectivity index (χ2n) is 23.6. The number of allylic oxidation sites excluding steroid dienone is 5. The number of rotatable bonds is 15. The van der Waals surface area contributed by atoms with Gasteiger partial charge in [0, 0.05) is 61.8 Å². The van der Waals surface area contributed by atoms with E-state index in [1.807, 2.05) is 52.8 Å². The summed E-state index contributed by atoms with van der Waals surface area (Å²) in [6, 6.07) is 1.57. The summed E-state index contributed by atoms with van der Waals surface area (Å²) in [7, 11) is 0. The standard InChI is InChI=1S/C61H93N5O13/c1-12-44-30-38(7)61(64-56(44)73)42(11)54(71)41(10)52(79-61)33-50(70)35(4)20-15-13-16-21-37(6)51-24-18-14-17-23-48(68)40(9)55(72)45(28-26-39(8)67)57(74)63-53(34(2)3)58(75)62-47(31-43-27-25-36(5)49(69)32-43)59(76)66-29-19-22-46(65-66)60(77)78-51/h13-14,16-18,21,23,25,27,32,34-35,38,40-42,44-48,50-55,65,68-72H,12,15,19-20,22,24,26,28-31,33H2,1-11H3,(H,62,75)(H,63,74)(H,64,73)/b16-13+,18-14+,23-17+,37-21+/t35-,38-,40-,41-,42-,44-,45+,46?,47-,48-,50-,51-,52-,53-,54-,55+,61+/m0/s1. The van der Waals surface area contributed by atoms with Crippen LogP contribution in [-0.2, 0) is 44.7 Å². The lowest BCUT2D eigenvalue weighted by Crippen LogP contribution is -2.71. The van der Waals surface area contributed by atoms with Crippen LogP contribution in [0.3, 0.4) is 0 Å². The third-order valence-corrected chi connectivity index (χ3v) is 17.2. The number of carbonyl (C=O) groups excluding carboxylic acids is 6. The maximum atomic E-state index is 14.6. The Morgan fingerprint density at radius 3 is 2.34 bits per heavy atom. The summed E-state index contributed by atoms with van der Waals surface area (Å²) in [5.74, 6) is -6.29. The second-order valence-corrected chi connectivity index (χ2v) is 23.6. The molecule has 0 aliphatic carbocycles. The predicted molar refractivity (Wildman–Crippen MR) is 300 cm³/mol. The second kappa shape index (κ2) is 29.5. The van der Waals surface area contributed by atoms with Crippen LogP contribution in [0.5, 0.6) is 5.75 Å². The molecule has 0 saturated carbocycles. The van der Waals surface area contributed by atoms with E-state index < -0.39 is 102 Å². The number of phenols is 1. The van der Waals surface area contributed by atoms with Gasteiger partial charge in [0.1, 0.15) is 41.5 Å². The first-order valence-electron chi connectivity index (χ1n) is 28.8. The van der Waals surface area contributed by atoms with Crippen molar-refractivity contribution in [3.8, 4) is 5.75 Å². The van der Waals surface area contributed by atoms with Crippen molar-refractivity contribution in [2.75, 3.05) is 6.54 Å². The lowest BCUT2D eigenvalue weighted by Gasteiger charge is -2.56. The van der Waals surface area contributed by atoms with E-state index in [1.165, 1.54) is 24.1 Å². The van der Waals surface area contributed by atoms with Crippen molar-refractivity contribution >= 4 is 35.4 Å². The highest BCUT2D eigenvalue weighted by atomic mass is 16.5. The van der Waals surface area contributed by atoms with Gasteiger partial charge in [0.05, 0.1) is 36.4 Å². The number of ether oxygens (including phenoxy) is 2. The fourth-order valence-electron chi connectivity index (χ4n) is 11.4. The summed E-state index contributed by atoms with van der Waals surface area (Å²) in [6.45, 7) is 20.0. The first-order chi connectivity index (χ1) is 37.3. The molecule has 1 aromatic carbocycles. The van der Waals surface area contributed by atoms with Gasteiger partial charge in [0.2, 0.25) is 17.7 Å². The van der Waals surface area contributed by atoms with Crippen LogP contribution in [-0.4, -0.2) is 133 Å². The van der Waals surface area contributed by atoms with Gasteiger partial charge in [-0.2, -0.15) is 0 Å². The topological polar surface area (TPSA) is 273 Å². The van der Waals surface area contributed by atoms with Crippen molar-refractivity contribution in [3.05, 3.63) is 77.4 Å². The molecule has 17 atom stereocenters. The van der Waals surface area contributed by atoms with Crippen molar-refractivity contribution < 1.29 is 63.8 Å². The van der Waals surface area contributed by atoms with Crippen molar-refractivity contribution in [1.82, 2.24) is 26.4 Å². The number of hydrazine groups is 1. The van der Waals surface area contributed by atoms with Crippen LogP contribution in [0.25, 0.3) is 0 Å². The van der Waals surface area contributed by atoms with Gasteiger partial charge >= 0.3 is 5.97 Å². The Kier molecular flexibility index (Phi) is 24.1. The highest BCUT2D eigenvalue weighted by Gasteiger charge is 2.57. The zero-order valence-corrected chi connectivity index (χ0v) is 48.5. The molecule has 1 aromatic rings. The molecule has 0 aromatic heterocycles. The molecule has 9 N–H and O–H groups in total. The minimum atomic E-state index is -1.44. The van der Waals surface area contributed by atoms with Crippen LogP contribution in [0.4, 0.5) is 0 Å². The van der Waals surface area contributed by atoms with Crippen molar-refractivity contribution in [1.29, 1.82) is 0 Å². The highest BCUT2D eigenvalue weighted by Crippen LogP contribution is 2.46. The number of amides is 4. The molecule has 4 aliphatic rings. The van der Waals surface area contributed by atoms with E-state index in [-0.39, 0.29) is 79.3 Å². The van der Waals surface area contributed by atoms with Gasteiger partial charge in [-0.25, -0.2) is 5.43 Å². The number of hydrogen-bond donors (Lipinski definition) is 9. The zero-order chi connectivity index (χ0) is 58.5. The molecule has 3 saturated heterocycles. The molecule has 18 heteroatoms. The lowest BCUT2D eigenvalue weighted by atomic mass is 9.69. The number of ketones is 1. The number of aliphatic hydroxyl groups is 4. The van der Waals surface area contributed by atoms with Crippen LogP contribution in [0.1, 0.15) is 145 Å². The number of cyclic esters (lactones) is 1. The third kappa shape index (κ3) is 16.9. The van der Waals surface area contributed by atoms with Crippen LogP contribution >= 0.6 is 0 Å². The van der Waals surface area contributed by atoms with E-state index in [9.17, 15) is 54.3 Å². The molecule has 0 radical (unpaired) electrons. The third-order valence-electron chi connectivity index (χ3n) is 17.2. The fourth-order valence-corrected chi connectivity index (χ4v) is 11.4. The number of fused-ring (bicyclic) bond motifs is 2. The maximum Gasteiger partial charge on any atom is 0.325 e. The summed E-state index contributed by atoms with van der Waals surface area (Å²) in [5.41, 5.74) is 3.89. The molecule has 1 spiro atoms. The van der Waals surface area contributed by atoms with Gasteiger partial charge in [0.25, 0.3) is 5.91 Å². The number of piperidine rings is 1. The zero-order valence-electron chi connectivity index (χ0n) is 48.5. The molecule has 4 heterocycles. The first-order valence-corrected chi connectivity index (χ1v) is 28.8. The molecule has 4 amide bonds. The van der Waals surface area contributed by atoms with Crippen LogP contribution in [0.2, 0.25) is 0 Å². The monoisotopic (exact) mass is 1100 g/mol. The van der Waals surface area contributed by atoms with E-state index in [0.717, 1.165) is 6.42 Å². The number of benzene rings is 1. The smallest absolute Gasteiger partial charge is 0.325 e. The number of phenolic OH excluding ortho intramolecular Hbond substituents is 1. The molecule has 2 bridgehead atoms. The molecule has 440 valence electrons. The largest absolute Gasteiger partial charge is 0.508 e. The van der Waals surface area contributed by atoms with E-state index in [4.69, 9.17) is 9.47 Å². The van der Waals surface area contributed by atoms with Gasteiger partial charge < -0.3 is 55.8 Å². The van der Waals surface area contributed by atoms with Crippen LogP contribution in [0, 0.1) is 54.3 Å². The van der Waals surface area contributed by atoms with Crippen molar-refractivity contribution in [3.63, 3.8) is 0 Å². The Balaban J connectivity index is 1.36. The number of aryl methyl sites for hydroxylation is 1. The molecule has 18 nitrogen and oxygen atoms in total. The minimum Gasteiger partial charge on any atom is -0.508 e. The molecular formula is C61H93N5O13. The van der Waals surface area contributed by atoms with Gasteiger partial charge in [-0.15, -0.1) is 0 Å². The number of nitrogens with zero attached hydrogens (tertiary/aromatic N) is 1. The first kappa shape index (κ1) is 64.6. The van der Waals surface area contributed by atoms with Gasteiger partial charge in [-0.3, -0.25) is 29.0 Å². The summed E-state index contributed by atoms with van der Waals surface area (Å²) in [5, 5.41) is 66.4. The quantitative estimate of drug-likeness (QED) is 0.0752. The Morgan fingerprint density at radius 1 is 0.949 bits per heavy atom. The predicted octanol–water partition coefficient (Wildman–Crippen LogP) is 5.72. The molecule has 3 fully saturated rings. The lowest BCUT2D eigenvalue weighted by molar-refractivity contribution is -0.267. The number of aromatic hydroxyl groups is 1. The van der Waals surface area contributed by atoms with Crippen LogP contribution in [0.15, 0.2) is 66.3 Å². The van der Waals surface area contributed by atoms with E-state index in [2.05, 4.69) is 28.3 Å². The van der Waals surface area contributed by atoms with E-state index in [0.29, 0.717) is 55.2 Å². The average molecular weight is 1100 g/mol. The molecule has 79 heavy (non-hydrogen) atoms. The minimum absolute atomic E-state index is 0.000388. The fraction of sp³-hybridized carbons (Fsp3) is 0.672. The summed E-state index contributed by atoms with van der Waals surface area (Å²) in [6.07, 6.45) is 10.6. The molecule has 4 aliphatic heterocycles. The Bertz CT molecular complexity index is 2390.